The van der Waals surface area contributed by atoms with Crippen molar-refractivity contribution in [3.05, 3.63) is 0 Å². The quantitative estimate of drug-likeness (QED) is 0.323. The van der Waals surface area contributed by atoms with Gasteiger partial charge in [-0.1, -0.05) is 5.16 Å². The van der Waals surface area contributed by atoms with Crippen molar-refractivity contribution in [3.63, 3.8) is 0 Å². The summed E-state index contributed by atoms with van der Waals surface area (Å²) >= 11 is 0. The van der Waals surface area contributed by atoms with Gasteiger partial charge in [0, 0.05) is 6.61 Å². The molecule has 0 unspecified atom stereocenters. The van der Waals surface area contributed by atoms with Gasteiger partial charge >= 0.3 is 0 Å². The lowest BCUT2D eigenvalue weighted by molar-refractivity contribution is 0.288. The van der Waals surface area contributed by atoms with Crippen LogP contribution in [0.3, 0.4) is 0 Å². The monoisotopic (exact) mass is 117 g/mol. The third kappa shape index (κ3) is 3.61. The van der Waals surface area contributed by atoms with Crippen LogP contribution in [-0.2, 0) is 0 Å². The number of hydrogen-bond acceptors (Lipinski definition) is 3. The van der Waals surface area contributed by atoms with E-state index in [4.69, 9.17) is 10.3 Å². The van der Waals surface area contributed by atoms with Crippen molar-refractivity contribution in [1.82, 2.24) is 0 Å². The maximum absolute atomic E-state index is 8.27. The molecule has 0 aromatic heterocycles. The van der Waals surface area contributed by atoms with Crippen LogP contribution in [0.15, 0.2) is 5.16 Å². The Morgan fingerprint density at radius 3 is 2.62 bits per heavy atom. The first-order valence-electron chi connectivity index (χ1n) is 2.59. The van der Waals surface area contributed by atoms with Gasteiger partial charge in [0.25, 0.3) is 0 Å². The topological polar surface area (TPSA) is 52.8 Å². The van der Waals surface area contributed by atoms with E-state index in [0.717, 1.165) is 0 Å². The Morgan fingerprint density at radius 2 is 2.25 bits per heavy atom. The zero-order chi connectivity index (χ0) is 6.41. The van der Waals surface area contributed by atoms with E-state index in [2.05, 4.69) is 5.16 Å². The smallest absolute Gasteiger partial charge is 0.0540 e. The Morgan fingerprint density at radius 1 is 1.62 bits per heavy atom. The fourth-order valence-corrected chi connectivity index (χ4v) is 0.385. The molecule has 0 atom stereocenters. The Kier molecular flexibility index (Phi) is 4.26. The predicted octanol–water partition coefficient (Wildman–Crippen LogP) is 0.609. The molecule has 3 heteroatoms. The van der Waals surface area contributed by atoms with Crippen LogP contribution in [0.4, 0.5) is 0 Å². The molecule has 0 aromatic rings. The summed E-state index contributed by atoms with van der Waals surface area (Å²) in [7, 11) is 0. The largest absolute Gasteiger partial charge is 0.411 e. The van der Waals surface area contributed by atoms with Gasteiger partial charge in [-0.2, -0.15) is 0 Å². The Labute approximate surface area is 48.6 Å². The van der Waals surface area contributed by atoms with Crippen LogP contribution in [-0.4, -0.2) is 22.6 Å². The molecule has 0 heterocycles. The van der Waals surface area contributed by atoms with E-state index in [-0.39, 0.29) is 6.61 Å². The van der Waals surface area contributed by atoms with Crippen molar-refractivity contribution in [2.75, 3.05) is 6.61 Å². The lowest BCUT2D eigenvalue weighted by atomic mass is 10.2. The van der Waals surface area contributed by atoms with Crippen LogP contribution in [0.1, 0.15) is 19.8 Å². The van der Waals surface area contributed by atoms with E-state index in [1.807, 2.05) is 0 Å². The van der Waals surface area contributed by atoms with Gasteiger partial charge in [0.05, 0.1) is 5.71 Å². The van der Waals surface area contributed by atoms with Gasteiger partial charge < -0.3 is 10.3 Å². The second-order valence-electron chi connectivity index (χ2n) is 1.66. The highest BCUT2D eigenvalue weighted by Crippen LogP contribution is 1.89. The van der Waals surface area contributed by atoms with Crippen molar-refractivity contribution in [2.24, 2.45) is 5.16 Å². The molecular formula is C5H11NO2. The molecular weight excluding hydrogens is 106 g/mol. The minimum Gasteiger partial charge on any atom is -0.411 e. The Balaban J connectivity index is 3.12. The molecule has 0 aliphatic carbocycles. The number of nitrogens with zero attached hydrogens (tertiary/aromatic N) is 1. The summed E-state index contributed by atoms with van der Waals surface area (Å²) in [5.74, 6) is 0. The third-order valence-corrected chi connectivity index (χ3v) is 0.867. The number of hydrogen-bond donors (Lipinski definition) is 2. The van der Waals surface area contributed by atoms with E-state index < -0.39 is 0 Å². The van der Waals surface area contributed by atoms with Gasteiger partial charge in [-0.3, -0.25) is 0 Å². The highest BCUT2D eigenvalue weighted by molar-refractivity contribution is 5.81. The number of aliphatic hydroxyl groups is 1. The minimum absolute atomic E-state index is 0.160. The highest BCUT2D eigenvalue weighted by Gasteiger charge is 1.88. The van der Waals surface area contributed by atoms with E-state index >= 15 is 0 Å². The molecule has 0 amide bonds. The standard InChI is InChI=1S/C5H11NO2/c1-5(6-8)3-2-4-7/h7-8H,2-4H2,1H3. The summed E-state index contributed by atoms with van der Waals surface area (Å²) in [5.41, 5.74) is 0.666. The van der Waals surface area contributed by atoms with Gasteiger partial charge in [0.1, 0.15) is 0 Å². The van der Waals surface area contributed by atoms with Crippen LogP contribution in [0.2, 0.25) is 0 Å². The summed E-state index contributed by atoms with van der Waals surface area (Å²) in [6, 6.07) is 0. The number of aliphatic hydroxyl groups excluding tert-OH is 1. The van der Waals surface area contributed by atoms with E-state index in [1.54, 1.807) is 6.92 Å². The molecule has 0 fully saturated rings. The molecule has 0 saturated carbocycles. The first-order valence-corrected chi connectivity index (χ1v) is 2.59. The van der Waals surface area contributed by atoms with Gasteiger partial charge in [0.2, 0.25) is 0 Å². The summed E-state index contributed by atoms with van der Waals surface area (Å²) in [6.07, 6.45) is 1.35. The Hall–Kier alpha value is -0.570. The first-order chi connectivity index (χ1) is 3.81. The number of rotatable bonds is 3. The molecule has 3 nitrogen and oxygen atoms in total. The summed E-state index contributed by atoms with van der Waals surface area (Å²) in [4.78, 5) is 0. The van der Waals surface area contributed by atoms with Gasteiger partial charge in [0.15, 0.2) is 0 Å². The SMILES string of the molecule is CC(CCCO)=NO. The normalized spacial score (nSPS) is 12.0. The van der Waals surface area contributed by atoms with E-state index in [1.165, 1.54) is 0 Å². The summed E-state index contributed by atoms with van der Waals surface area (Å²) < 4.78 is 0. The summed E-state index contributed by atoms with van der Waals surface area (Å²) in [6.45, 7) is 1.88. The van der Waals surface area contributed by atoms with Crippen LogP contribution in [0.5, 0.6) is 0 Å². The molecule has 0 aliphatic heterocycles. The second-order valence-corrected chi connectivity index (χ2v) is 1.66. The first kappa shape index (κ1) is 7.43. The van der Waals surface area contributed by atoms with Gasteiger partial charge in [-0.15, -0.1) is 0 Å². The maximum atomic E-state index is 8.27. The second kappa shape index (κ2) is 4.59. The van der Waals surface area contributed by atoms with Crippen molar-refractivity contribution < 1.29 is 10.3 Å². The maximum Gasteiger partial charge on any atom is 0.0540 e. The molecule has 48 valence electrons. The molecule has 0 aromatic carbocycles. The van der Waals surface area contributed by atoms with Crippen molar-refractivity contribution in [1.29, 1.82) is 0 Å². The average Bonchev–Trinajstić information content (AvgIpc) is 1.83. The predicted molar refractivity (Wildman–Crippen MR) is 31.2 cm³/mol. The zero-order valence-electron chi connectivity index (χ0n) is 4.96. The summed E-state index contributed by atoms with van der Waals surface area (Å²) in [5, 5.41) is 19.3. The van der Waals surface area contributed by atoms with E-state index in [0.29, 0.717) is 18.6 Å². The fraction of sp³-hybridized carbons (Fsp3) is 0.800. The van der Waals surface area contributed by atoms with Crippen LogP contribution < -0.4 is 0 Å². The van der Waals surface area contributed by atoms with Crippen LogP contribution in [0, 0.1) is 0 Å². The molecule has 0 bridgehead atoms. The molecule has 2 N–H and O–H groups in total. The average molecular weight is 117 g/mol. The lowest BCUT2D eigenvalue weighted by Gasteiger charge is -1.91. The van der Waals surface area contributed by atoms with Crippen molar-refractivity contribution in [2.45, 2.75) is 19.8 Å². The highest BCUT2D eigenvalue weighted by atomic mass is 16.4. The third-order valence-electron chi connectivity index (χ3n) is 0.867. The van der Waals surface area contributed by atoms with Crippen molar-refractivity contribution in [3.8, 4) is 0 Å². The number of oxime groups is 1. The molecule has 8 heavy (non-hydrogen) atoms. The molecule has 0 rings (SSSR count). The van der Waals surface area contributed by atoms with Crippen molar-refractivity contribution >= 4 is 5.71 Å². The van der Waals surface area contributed by atoms with Gasteiger partial charge in [-0.25, -0.2) is 0 Å². The molecule has 0 aliphatic rings. The fourth-order valence-electron chi connectivity index (χ4n) is 0.385. The molecule has 0 radical (unpaired) electrons. The zero-order valence-corrected chi connectivity index (χ0v) is 4.96. The van der Waals surface area contributed by atoms with Crippen LogP contribution >= 0.6 is 0 Å². The van der Waals surface area contributed by atoms with Gasteiger partial charge in [-0.05, 0) is 19.8 Å². The van der Waals surface area contributed by atoms with Crippen LogP contribution in [0.25, 0.3) is 0 Å². The van der Waals surface area contributed by atoms with E-state index in [9.17, 15) is 0 Å². The lowest BCUT2D eigenvalue weighted by Crippen LogP contribution is -1.92. The Bertz CT molecular complexity index is 80.5. The molecule has 0 spiro atoms. The molecule has 0 saturated heterocycles. The minimum atomic E-state index is 0.160.